The van der Waals surface area contributed by atoms with E-state index in [9.17, 15) is 4.79 Å². The van der Waals surface area contributed by atoms with Crippen LogP contribution in [0.3, 0.4) is 0 Å². The van der Waals surface area contributed by atoms with Crippen molar-refractivity contribution in [3.05, 3.63) is 77.9 Å². The van der Waals surface area contributed by atoms with Crippen LogP contribution in [0.2, 0.25) is 0 Å². The molecule has 0 heterocycles. The third kappa shape index (κ3) is 5.33. The van der Waals surface area contributed by atoms with Crippen molar-refractivity contribution in [1.29, 1.82) is 0 Å². The summed E-state index contributed by atoms with van der Waals surface area (Å²) >= 11 is 0. The molecule has 0 saturated carbocycles. The van der Waals surface area contributed by atoms with Crippen LogP contribution in [0.25, 0.3) is 10.8 Å². The summed E-state index contributed by atoms with van der Waals surface area (Å²) < 4.78 is 11.3. The average molecular weight is 362 g/mol. The van der Waals surface area contributed by atoms with Crippen molar-refractivity contribution >= 4 is 16.7 Å². The summed E-state index contributed by atoms with van der Waals surface area (Å²) in [7, 11) is 0. The lowest BCUT2D eigenvalue weighted by Crippen LogP contribution is -2.04. The Morgan fingerprint density at radius 2 is 1.67 bits per heavy atom. The van der Waals surface area contributed by atoms with Crippen molar-refractivity contribution in [2.24, 2.45) is 0 Å². The van der Waals surface area contributed by atoms with Gasteiger partial charge in [0.2, 0.25) is 0 Å². The van der Waals surface area contributed by atoms with Gasteiger partial charge >= 0.3 is 5.97 Å². The Morgan fingerprint density at radius 1 is 0.889 bits per heavy atom. The monoisotopic (exact) mass is 362 g/mol. The van der Waals surface area contributed by atoms with Gasteiger partial charge in [0.1, 0.15) is 12.4 Å². The highest BCUT2D eigenvalue weighted by molar-refractivity contribution is 5.89. The topological polar surface area (TPSA) is 35.5 Å². The number of benzene rings is 3. The molecule has 0 bridgehead atoms. The molecule has 0 fully saturated rings. The van der Waals surface area contributed by atoms with Crippen molar-refractivity contribution in [1.82, 2.24) is 0 Å². The van der Waals surface area contributed by atoms with E-state index >= 15 is 0 Å². The number of rotatable bonds is 9. The molecule has 27 heavy (non-hydrogen) atoms. The largest absolute Gasteiger partial charge is 0.488 e. The van der Waals surface area contributed by atoms with Gasteiger partial charge in [0.15, 0.2) is 0 Å². The molecule has 0 aliphatic rings. The summed E-state index contributed by atoms with van der Waals surface area (Å²) in [5, 5.41) is 2.31. The van der Waals surface area contributed by atoms with E-state index in [2.05, 4.69) is 36.4 Å². The fraction of sp³-hybridized carbons (Fsp3) is 0.292. The Bertz CT molecular complexity index is 871. The third-order valence-electron chi connectivity index (χ3n) is 4.57. The van der Waals surface area contributed by atoms with Crippen LogP contribution in [0.4, 0.5) is 0 Å². The Morgan fingerprint density at radius 3 is 2.48 bits per heavy atom. The van der Waals surface area contributed by atoms with Crippen molar-refractivity contribution in [2.75, 3.05) is 6.61 Å². The molecule has 0 aliphatic heterocycles. The lowest BCUT2D eigenvalue weighted by atomic mass is 10.0. The van der Waals surface area contributed by atoms with Gasteiger partial charge < -0.3 is 9.47 Å². The van der Waals surface area contributed by atoms with Crippen molar-refractivity contribution in [3.63, 3.8) is 0 Å². The van der Waals surface area contributed by atoms with Crippen LogP contribution in [-0.2, 0) is 22.6 Å². The highest BCUT2D eigenvalue weighted by Gasteiger charge is 2.10. The van der Waals surface area contributed by atoms with Crippen LogP contribution in [0, 0.1) is 0 Å². The standard InChI is InChI=1S/C24H26O3/c1-2-26-23(25)15-9-7-13-21-17-16-20-12-6-8-14-22(20)24(21)27-18-19-10-4-3-5-11-19/h3-6,8,10-12,14,16-17H,2,7,9,13,15,18H2,1H3. The minimum atomic E-state index is -0.114. The van der Waals surface area contributed by atoms with E-state index in [0.717, 1.165) is 36.0 Å². The first-order chi connectivity index (χ1) is 13.3. The molecule has 3 aromatic rings. The zero-order chi connectivity index (χ0) is 18.9. The molecule has 3 aromatic carbocycles. The molecule has 0 saturated heterocycles. The number of fused-ring (bicyclic) bond motifs is 1. The van der Waals surface area contributed by atoms with Crippen molar-refractivity contribution in [2.45, 2.75) is 39.2 Å². The van der Waals surface area contributed by atoms with E-state index in [1.54, 1.807) is 0 Å². The zero-order valence-electron chi connectivity index (χ0n) is 15.8. The van der Waals surface area contributed by atoms with Crippen LogP contribution in [-0.4, -0.2) is 12.6 Å². The summed E-state index contributed by atoms with van der Waals surface area (Å²) in [5.41, 5.74) is 2.34. The van der Waals surface area contributed by atoms with E-state index < -0.39 is 0 Å². The SMILES string of the molecule is CCOC(=O)CCCCc1ccc2ccccc2c1OCc1ccccc1. The van der Waals surface area contributed by atoms with Crippen LogP contribution in [0.1, 0.15) is 37.3 Å². The van der Waals surface area contributed by atoms with E-state index in [1.165, 1.54) is 10.9 Å². The average Bonchev–Trinajstić information content (AvgIpc) is 2.71. The number of carbonyl (C=O) groups is 1. The first kappa shape index (κ1) is 19.0. The second-order valence-electron chi connectivity index (χ2n) is 6.56. The predicted molar refractivity (Wildman–Crippen MR) is 109 cm³/mol. The number of esters is 1. The highest BCUT2D eigenvalue weighted by Crippen LogP contribution is 2.31. The van der Waals surface area contributed by atoms with Crippen LogP contribution in [0.15, 0.2) is 66.7 Å². The van der Waals surface area contributed by atoms with Gasteiger partial charge in [-0.25, -0.2) is 0 Å². The summed E-state index contributed by atoms with van der Waals surface area (Å²) in [6, 6.07) is 22.8. The number of carbonyl (C=O) groups excluding carboxylic acids is 1. The molecule has 0 radical (unpaired) electrons. The smallest absolute Gasteiger partial charge is 0.305 e. The molecule has 140 valence electrons. The van der Waals surface area contributed by atoms with Crippen LogP contribution in [0.5, 0.6) is 5.75 Å². The number of hydrogen-bond donors (Lipinski definition) is 0. The minimum Gasteiger partial charge on any atom is -0.488 e. The maximum atomic E-state index is 11.5. The molecule has 0 N–H and O–H groups in total. The number of ether oxygens (including phenoxy) is 2. The molecule has 0 aromatic heterocycles. The fourth-order valence-corrected chi connectivity index (χ4v) is 3.20. The van der Waals surface area contributed by atoms with E-state index in [1.807, 2.05) is 37.3 Å². The maximum absolute atomic E-state index is 11.5. The molecule has 3 heteroatoms. The van der Waals surface area contributed by atoms with Crippen molar-refractivity contribution < 1.29 is 14.3 Å². The predicted octanol–water partition coefficient (Wildman–Crippen LogP) is 5.69. The van der Waals surface area contributed by atoms with Gasteiger partial charge in [-0.15, -0.1) is 0 Å². The number of aryl methyl sites for hydroxylation is 1. The Balaban J connectivity index is 1.72. The second kappa shape index (κ2) is 9.77. The van der Waals surface area contributed by atoms with Gasteiger partial charge in [0.05, 0.1) is 6.61 Å². The molecule has 3 nitrogen and oxygen atoms in total. The molecule has 0 atom stereocenters. The first-order valence-electron chi connectivity index (χ1n) is 9.61. The first-order valence-corrected chi connectivity index (χ1v) is 9.61. The number of hydrogen-bond acceptors (Lipinski definition) is 3. The highest BCUT2D eigenvalue weighted by atomic mass is 16.5. The summed E-state index contributed by atoms with van der Waals surface area (Å²) in [5.74, 6) is 0.838. The maximum Gasteiger partial charge on any atom is 0.305 e. The lowest BCUT2D eigenvalue weighted by Gasteiger charge is -2.15. The molecule has 3 rings (SSSR count). The normalized spacial score (nSPS) is 10.7. The van der Waals surface area contributed by atoms with E-state index in [-0.39, 0.29) is 5.97 Å². The lowest BCUT2D eigenvalue weighted by molar-refractivity contribution is -0.143. The van der Waals surface area contributed by atoms with Gasteiger partial charge in [-0.2, -0.15) is 0 Å². The Labute approximate surface area is 160 Å². The molecule has 0 spiro atoms. The van der Waals surface area contributed by atoms with Crippen LogP contribution < -0.4 is 4.74 Å². The summed E-state index contributed by atoms with van der Waals surface area (Å²) in [6.45, 7) is 2.83. The van der Waals surface area contributed by atoms with Crippen molar-refractivity contribution in [3.8, 4) is 5.75 Å². The quantitative estimate of drug-likeness (QED) is 0.362. The molecular weight excluding hydrogens is 336 g/mol. The van der Waals surface area contributed by atoms with Gasteiger partial charge in [-0.05, 0) is 42.7 Å². The third-order valence-corrected chi connectivity index (χ3v) is 4.57. The summed E-state index contributed by atoms with van der Waals surface area (Å²) in [6.07, 6.45) is 3.11. The zero-order valence-corrected chi connectivity index (χ0v) is 15.8. The molecular formula is C24H26O3. The Kier molecular flexibility index (Phi) is 6.86. The number of unbranched alkanes of at least 4 members (excludes halogenated alkanes) is 1. The van der Waals surface area contributed by atoms with Gasteiger partial charge in [-0.1, -0.05) is 66.7 Å². The Hall–Kier alpha value is -2.81. The van der Waals surface area contributed by atoms with Gasteiger partial charge in [-0.3, -0.25) is 4.79 Å². The van der Waals surface area contributed by atoms with Gasteiger partial charge in [0.25, 0.3) is 0 Å². The molecule has 0 amide bonds. The second-order valence-corrected chi connectivity index (χ2v) is 6.56. The van der Waals surface area contributed by atoms with E-state index in [4.69, 9.17) is 9.47 Å². The summed E-state index contributed by atoms with van der Waals surface area (Å²) in [4.78, 5) is 11.5. The molecule has 0 unspecified atom stereocenters. The molecule has 0 aliphatic carbocycles. The minimum absolute atomic E-state index is 0.114. The fourth-order valence-electron chi connectivity index (χ4n) is 3.20. The van der Waals surface area contributed by atoms with E-state index in [0.29, 0.717) is 19.6 Å². The van der Waals surface area contributed by atoms with Crippen LogP contribution >= 0.6 is 0 Å². The van der Waals surface area contributed by atoms with Gasteiger partial charge in [0, 0.05) is 11.8 Å².